The number of aliphatic carboxylic acids is 1. The van der Waals surface area contributed by atoms with E-state index in [2.05, 4.69) is 48.8 Å². The van der Waals surface area contributed by atoms with E-state index in [1.54, 1.807) is 6.08 Å². The molecule has 0 bridgehead atoms. The molecule has 101 heavy (non-hydrogen) atoms. The second-order valence-electron chi connectivity index (χ2n) is 28.9. The van der Waals surface area contributed by atoms with Gasteiger partial charge in [-0.3, -0.25) is 9.59 Å². The van der Waals surface area contributed by atoms with Gasteiger partial charge in [0.25, 0.3) is 5.79 Å². The van der Waals surface area contributed by atoms with Gasteiger partial charge >= 0.3 is 5.97 Å². The number of hydrogen-bond donors (Lipinski definition) is 14. The number of carbonyl (C=O) groups excluding carboxylic acids is 2. The Morgan fingerprint density at radius 2 is 0.960 bits per heavy atom. The van der Waals surface area contributed by atoms with Crippen LogP contribution in [-0.4, -0.2) is 215 Å². The summed E-state index contributed by atoms with van der Waals surface area (Å²) in [6.45, 7) is 2.17. The van der Waals surface area contributed by atoms with Crippen LogP contribution >= 0.6 is 0 Å². The summed E-state index contributed by atoms with van der Waals surface area (Å²) in [6, 6.07) is -2.62. The van der Waals surface area contributed by atoms with Crippen LogP contribution in [0.1, 0.15) is 303 Å². The van der Waals surface area contributed by atoms with Crippen LogP contribution in [-0.2, 0) is 42.8 Å². The molecule has 2 amide bonds. The minimum atomic E-state index is -3.08. The van der Waals surface area contributed by atoms with Crippen LogP contribution in [0.3, 0.4) is 0 Å². The van der Waals surface area contributed by atoms with Crippen LogP contribution in [0.4, 0.5) is 0 Å². The number of aliphatic hydroxyl groups excluding tert-OH is 11. The van der Waals surface area contributed by atoms with Crippen LogP contribution in [0.2, 0.25) is 0 Å². The zero-order valence-electron chi connectivity index (χ0n) is 62.3. The number of aliphatic hydroxyl groups is 11. The number of ether oxygens (including phenoxy) is 6. The molecule has 0 spiro atoms. The first kappa shape index (κ1) is 92.2. The van der Waals surface area contributed by atoms with E-state index >= 15 is 0 Å². The van der Waals surface area contributed by atoms with E-state index < -0.39 is 155 Å². The number of carboxylic acids is 1. The van der Waals surface area contributed by atoms with Gasteiger partial charge in [-0.25, -0.2) is 4.79 Å². The summed E-state index contributed by atoms with van der Waals surface area (Å²) in [5.41, 5.74) is 0. The minimum absolute atomic E-state index is 0.199. The molecule has 3 saturated heterocycles. The molecule has 0 aromatic heterocycles. The Hall–Kier alpha value is -3.05. The smallest absolute Gasteiger partial charge is 0.364 e. The molecular formula is C78H142N2O21. The monoisotopic (exact) mass is 1440 g/mol. The molecule has 18 atom stereocenters. The Kier molecular flexibility index (Phi) is 52.2. The molecule has 590 valence electrons. The van der Waals surface area contributed by atoms with Gasteiger partial charge in [0, 0.05) is 19.8 Å². The maximum atomic E-state index is 13.5. The number of carboxylic acid groups (broad SMARTS) is 1. The van der Waals surface area contributed by atoms with Crippen molar-refractivity contribution in [1.29, 1.82) is 0 Å². The van der Waals surface area contributed by atoms with E-state index in [4.69, 9.17) is 28.4 Å². The molecule has 0 aromatic rings. The SMILES string of the molecule is CCCCCCCCCCC/C=C\C/C=C\CCCCCCCCCCCCCCCC(=O)NC(COC1OC(CO)C(OC2OC(CO)C(O)C(OC3(C(=O)O)CC(O)C(NC(C)=O)C(C(O)C(O)CO)O3)C2O)C(O)C1O)C(O)/C=C/CCCCCCCCCCCCCCCCCC. The van der Waals surface area contributed by atoms with E-state index in [-0.39, 0.29) is 12.3 Å². The Morgan fingerprint density at radius 3 is 1.40 bits per heavy atom. The fourth-order valence-electron chi connectivity index (χ4n) is 13.7. The molecule has 0 saturated carbocycles. The van der Waals surface area contributed by atoms with E-state index in [1.165, 1.54) is 199 Å². The fourth-order valence-corrected chi connectivity index (χ4v) is 13.7. The van der Waals surface area contributed by atoms with Gasteiger partial charge < -0.3 is 100 Å². The van der Waals surface area contributed by atoms with E-state index in [0.29, 0.717) is 12.8 Å². The molecule has 0 aliphatic carbocycles. The molecule has 0 aromatic carbocycles. The number of allylic oxidation sites excluding steroid dienone is 5. The molecule has 3 heterocycles. The van der Waals surface area contributed by atoms with Crippen molar-refractivity contribution >= 4 is 17.8 Å². The summed E-state index contributed by atoms with van der Waals surface area (Å²) in [6.07, 6.45) is 34.7. The Labute approximate surface area is 606 Å². The number of amides is 2. The van der Waals surface area contributed by atoms with Crippen molar-refractivity contribution in [3.05, 3.63) is 36.5 Å². The van der Waals surface area contributed by atoms with Gasteiger partial charge in [-0.1, -0.05) is 269 Å². The Balaban J connectivity index is 1.51. The van der Waals surface area contributed by atoms with E-state index in [1.807, 2.05) is 6.08 Å². The van der Waals surface area contributed by atoms with Crippen molar-refractivity contribution in [3.63, 3.8) is 0 Å². The van der Waals surface area contributed by atoms with Crippen LogP contribution < -0.4 is 10.6 Å². The average molecular weight is 1440 g/mol. The predicted molar refractivity (Wildman–Crippen MR) is 389 cm³/mol. The Bertz CT molecular complexity index is 2160. The minimum Gasteiger partial charge on any atom is -0.477 e. The largest absolute Gasteiger partial charge is 0.477 e. The predicted octanol–water partition coefficient (Wildman–Crippen LogP) is 10.1. The second-order valence-corrected chi connectivity index (χ2v) is 28.9. The van der Waals surface area contributed by atoms with Crippen LogP contribution in [0.15, 0.2) is 36.5 Å². The van der Waals surface area contributed by atoms with Gasteiger partial charge in [0.15, 0.2) is 12.6 Å². The van der Waals surface area contributed by atoms with Gasteiger partial charge in [0.05, 0.1) is 50.7 Å². The maximum Gasteiger partial charge on any atom is 0.364 e. The summed E-state index contributed by atoms with van der Waals surface area (Å²) < 4.78 is 34.9. The van der Waals surface area contributed by atoms with Crippen molar-refractivity contribution < 1.29 is 104 Å². The number of rotatable bonds is 62. The molecule has 18 unspecified atom stereocenters. The van der Waals surface area contributed by atoms with Crippen molar-refractivity contribution in [2.45, 2.75) is 413 Å². The van der Waals surface area contributed by atoms with E-state index in [0.717, 1.165) is 64.7 Å². The number of unbranched alkanes of at least 4 members (excludes halogenated alkanes) is 38. The van der Waals surface area contributed by atoms with Gasteiger partial charge in [-0.15, -0.1) is 0 Å². The first-order valence-corrected chi connectivity index (χ1v) is 39.9. The summed E-state index contributed by atoms with van der Waals surface area (Å²) in [5.74, 6) is -6.14. The molecule has 14 N–H and O–H groups in total. The van der Waals surface area contributed by atoms with E-state index in [9.17, 15) is 75.7 Å². The standard InChI is InChI=1S/C78H142N2O21/c1-4-6-8-10-12-14-16-18-20-22-24-25-26-27-28-29-30-31-32-33-34-36-38-40-42-44-46-48-50-52-65(88)80-59(60(85)51-49-47-45-43-41-39-37-35-23-21-19-17-15-13-11-9-7-5-2)57-96-75-70(92)69(91)72(64(56-83)98-75)99-76-71(93)74(68(90)63(55-82)97-76)101-78(77(94)95)53-61(86)66(79-58(3)84)73(100-78)67(89)62(87)54-81/h24-25,27-28,49,51,59-64,66-76,81-83,85-87,89-93H,4-23,26,29-48,50,52-57H2,1-3H3,(H,79,84)(H,80,88)(H,94,95)/b25-24-,28-27-,51-49+. The lowest BCUT2D eigenvalue weighted by Crippen LogP contribution is -2.70. The van der Waals surface area contributed by atoms with Gasteiger partial charge in [0.2, 0.25) is 11.8 Å². The Morgan fingerprint density at radius 1 is 0.525 bits per heavy atom. The lowest BCUT2D eigenvalue weighted by Gasteiger charge is -2.50. The van der Waals surface area contributed by atoms with Gasteiger partial charge in [-0.05, 0) is 51.4 Å². The average Bonchev–Trinajstić information content (AvgIpc) is 0.756. The molecule has 3 rings (SSSR count). The third-order valence-electron chi connectivity index (χ3n) is 20.1. The zero-order chi connectivity index (χ0) is 73.9. The highest BCUT2D eigenvalue weighted by molar-refractivity contribution is 5.77. The van der Waals surface area contributed by atoms with Crippen molar-refractivity contribution in [2.75, 3.05) is 26.4 Å². The number of hydrogen-bond acceptors (Lipinski definition) is 20. The quantitative estimate of drug-likeness (QED) is 0.0199. The fraction of sp³-hybridized carbons (Fsp3) is 0.885. The third kappa shape index (κ3) is 37.9. The van der Waals surface area contributed by atoms with Crippen molar-refractivity contribution in [2.24, 2.45) is 0 Å². The van der Waals surface area contributed by atoms with Crippen molar-refractivity contribution in [1.82, 2.24) is 10.6 Å². The lowest BCUT2D eigenvalue weighted by molar-refractivity contribution is -0.386. The summed E-state index contributed by atoms with van der Waals surface area (Å²) >= 11 is 0. The molecule has 0 radical (unpaired) electrons. The second kappa shape index (κ2) is 57.2. The molecule has 23 heteroatoms. The topological polar surface area (TPSA) is 373 Å². The highest BCUT2D eigenvalue weighted by Crippen LogP contribution is 2.39. The molecular weight excluding hydrogens is 1300 g/mol. The lowest BCUT2D eigenvalue weighted by atomic mass is 9.88. The van der Waals surface area contributed by atoms with Gasteiger partial charge in [-0.2, -0.15) is 0 Å². The number of nitrogens with one attached hydrogen (secondary N) is 2. The normalized spacial score (nSPS) is 27.0. The highest BCUT2D eigenvalue weighted by Gasteiger charge is 2.60. The first-order chi connectivity index (χ1) is 48.9. The van der Waals surface area contributed by atoms with Gasteiger partial charge in [0.1, 0.15) is 67.1 Å². The van der Waals surface area contributed by atoms with Crippen molar-refractivity contribution in [3.8, 4) is 0 Å². The summed E-state index contributed by atoms with van der Waals surface area (Å²) in [4.78, 5) is 38.7. The van der Waals surface area contributed by atoms with Crippen LogP contribution in [0.25, 0.3) is 0 Å². The first-order valence-electron chi connectivity index (χ1n) is 39.9. The molecule has 3 fully saturated rings. The highest BCUT2D eigenvalue weighted by atomic mass is 16.8. The molecule has 23 nitrogen and oxygen atoms in total. The third-order valence-corrected chi connectivity index (χ3v) is 20.1. The summed E-state index contributed by atoms with van der Waals surface area (Å²) in [7, 11) is 0. The number of carbonyl (C=O) groups is 3. The molecule has 3 aliphatic heterocycles. The summed E-state index contributed by atoms with van der Waals surface area (Å²) in [5, 5.41) is 136. The van der Waals surface area contributed by atoms with Crippen LogP contribution in [0, 0.1) is 0 Å². The molecule has 3 aliphatic rings. The van der Waals surface area contributed by atoms with Crippen LogP contribution in [0.5, 0.6) is 0 Å². The maximum absolute atomic E-state index is 13.5. The zero-order valence-corrected chi connectivity index (χ0v) is 62.3.